The van der Waals surface area contributed by atoms with Gasteiger partial charge in [0.25, 0.3) is 0 Å². The summed E-state index contributed by atoms with van der Waals surface area (Å²) in [6.07, 6.45) is 4.71. The third-order valence-electron chi connectivity index (χ3n) is 3.61. The highest BCUT2D eigenvalue weighted by Gasteiger charge is 2.11. The third kappa shape index (κ3) is 4.48. The average molecular weight is 266 g/mol. The van der Waals surface area contributed by atoms with Gasteiger partial charge >= 0.3 is 0 Å². The van der Waals surface area contributed by atoms with E-state index in [1.165, 1.54) is 26.4 Å². The van der Waals surface area contributed by atoms with E-state index in [4.69, 9.17) is 4.74 Å². The molecule has 0 radical (unpaired) electrons. The molecule has 1 aliphatic rings. The lowest BCUT2D eigenvalue weighted by molar-refractivity contribution is 0.383. The first-order chi connectivity index (χ1) is 9.29. The molecule has 1 aliphatic heterocycles. The molecular weight excluding hydrogens is 243 g/mol. The van der Waals surface area contributed by atoms with Crippen LogP contribution in [-0.2, 0) is 6.42 Å². The second-order valence-electron chi connectivity index (χ2n) is 5.07. The smallest absolute Gasteiger partial charge is 0.165 e. The second-order valence-corrected chi connectivity index (χ2v) is 5.07. The standard InChI is InChI=1S/C15H23FN2O/c1-19-15-6-5-12(10-14(15)16)7-9-17-11-13-4-2-3-8-18-13/h5-6,10,13,17-18H,2-4,7-9,11H2,1H3. The maximum Gasteiger partial charge on any atom is 0.165 e. The molecule has 1 atom stereocenters. The quantitative estimate of drug-likeness (QED) is 0.774. The number of nitrogens with one attached hydrogen (secondary N) is 2. The van der Waals surface area contributed by atoms with E-state index in [0.29, 0.717) is 11.8 Å². The molecule has 1 aromatic carbocycles. The molecule has 1 aromatic rings. The van der Waals surface area contributed by atoms with Crippen molar-refractivity contribution in [1.29, 1.82) is 0 Å². The van der Waals surface area contributed by atoms with Gasteiger partial charge in [0.15, 0.2) is 11.6 Å². The summed E-state index contributed by atoms with van der Waals surface area (Å²) < 4.78 is 18.4. The molecule has 0 spiro atoms. The molecule has 0 saturated carbocycles. The van der Waals surface area contributed by atoms with Gasteiger partial charge < -0.3 is 15.4 Å². The summed E-state index contributed by atoms with van der Waals surface area (Å²) in [5.41, 5.74) is 1.00. The molecule has 1 heterocycles. The molecule has 0 aliphatic carbocycles. The van der Waals surface area contributed by atoms with E-state index in [2.05, 4.69) is 10.6 Å². The van der Waals surface area contributed by atoms with Crippen molar-refractivity contribution in [3.8, 4) is 5.75 Å². The number of ether oxygens (including phenoxy) is 1. The van der Waals surface area contributed by atoms with Gasteiger partial charge in [-0.2, -0.15) is 0 Å². The minimum absolute atomic E-state index is 0.283. The Bertz CT molecular complexity index is 392. The van der Waals surface area contributed by atoms with Gasteiger partial charge in [-0.3, -0.25) is 0 Å². The van der Waals surface area contributed by atoms with Crippen LogP contribution in [0, 0.1) is 5.82 Å². The molecule has 19 heavy (non-hydrogen) atoms. The Morgan fingerprint density at radius 1 is 1.42 bits per heavy atom. The van der Waals surface area contributed by atoms with Crippen LogP contribution in [0.1, 0.15) is 24.8 Å². The largest absolute Gasteiger partial charge is 0.494 e. The van der Waals surface area contributed by atoms with Crippen LogP contribution in [0.3, 0.4) is 0 Å². The molecular formula is C15H23FN2O. The third-order valence-corrected chi connectivity index (χ3v) is 3.61. The highest BCUT2D eigenvalue weighted by Crippen LogP contribution is 2.17. The molecule has 2 rings (SSSR count). The van der Waals surface area contributed by atoms with E-state index in [1.54, 1.807) is 12.1 Å². The number of rotatable bonds is 6. The summed E-state index contributed by atoms with van der Waals surface area (Å²) in [5.74, 6) is 0.0251. The Kier molecular flexibility index (Phi) is 5.61. The Morgan fingerprint density at radius 2 is 2.32 bits per heavy atom. The Hall–Kier alpha value is -1.13. The molecule has 1 unspecified atom stereocenters. The van der Waals surface area contributed by atoms with Crippen LogP contribution in [0.15, 0.2) is 18.2 Å². The van der Waals surface area contributed by atoms with Crippen molar-refractivity contribution in [3.63, 3.8) is 0 Å². The van der Waals surface area contributed by atoms with E-state index in [9.17, 15) is 4.39 Å². The van der Waals surface area contributed by atoms with Crippen LogP contribution in [0.25, 0.3) is 0 Å². The molecule has 4 heteroatoms. The van der Waals surface area contributed by atoms with Crippen LogP contribution < -0.4 is 15.4 Å². The fraction of sp³-hybridized carbons (Fsp3) is 0.600. The monoisotopic (exact) mass is 266 g/mol. The first-order valence-corrected chi connectivity index (χ1v) is 7.06. The number of hydrogen-bond acceptors (Lipinski definition) is 3. The van der Waals surface area contributed by atoms with Gasteiger partial charge in [-0.05, 0) is 50.0 Å². The molecule has 0 bridgehead atoms. The summed E-state index contributed by atoms with van der Waals surface area (Å²) in [6, 6.07) is 5.76. The average Bonchev–Trinajstić information content (AvgIpc) is 2.45. The fourth-order valence-corrected chi connectivity index (χ4v) is 2.47. The van der Waals surface area contributed by atoms with Crippen molar-refractivity contribution in [2.45, 2.75) is 31.7 Å². The minimum atomic E-state index is -0.283. The zero-order valence-corrected chi connectivity index (χ0v) is 11.5. The molecule has 0 aromatic heterocycles. The van der Waals surface area contributed by atoms with Crippen molar-refractivity contribution in [1.82, 2.24) is 10.6 Å². The predicted octanol–water partition coefficient (Wildman–Crippen LogP) is 2.11. The van der Waals surface area contributed by atoms with Crippen molar-refractivity contribution >= 4 is 0 Å². The highest BCUT2D eigenvalue weighted by molar-refractivity contribution is 5.29. The zero-order valence-electron chi connectivity index (χ0n) is 11.5. The number of halogens is 1. The molecule has 106 valence electrons. The summed E-state index contributed by atoms with van der Waals surface area (Å²) >= 11 is 0. The Balaban J connectivity index is 1.69. The maximum atomic E-state index is 13.5. The van der Waals surface area contributed by atoms with Gasteiger partial charge in [-0.1, -0.05) is 12.5 Å². The van der Waals surface area contributed by atoms with Gasteiger partial charge in [-0.25, -0.2) is 4.39 Å². The molecule has 1 saturated heterocycles. The van der Waals surface area contributed by atoms with Crippen molar-refractivity contribution in [3.05, 3.63) is 29.6 Å². The van der Waals surface area contributed by atoms with Crippen LogP contribution in [-0.4, -0.2) is 32.8 Å². The maximum absolute atomic E-state index is 13.5. The minimum Gasteiger partial charge on any atom is -0.494 e. The topological polar surface area (TPSA) is 33.3 Å². The van der Waals surface area contributed by atoms with Gasteiger partial charge in [-0.15, -0.1) is 0 Å². The Morgan fingerprint density at radius 3 is 3.00 bits per heavy atom. The number of methoxy groups -OCH3 is 1. The Labute approximate surface area is 114 Å². The van der Waals surface area contributed by atoms with Gasteiger partial charge in [0, 0.05) is 12.6 Å². The normalized spacial score (nSPS) is 19.4. The van der Waals surface area contributed by atoms with E-state index < -0.39 is 0 Å². The van der Waals surface area contributed by atoms with Crippen molar-refractivity contribution in [2.24, 2.45) is 0 Å². The first kappa shape index (κ1) is 14.3. The van der Waals surface area contributed by atoms with E-state index in [1.807, 2.05) is 6.07 Å². The van der Waals surface area contributed by atoms with Crippen molar-refractivity contribution < 1.29 is 9.13 Å². The summed E-state index contributed by atoms with van der Waals surface area (Å²) in [4.78, 5) is 0. The summed E-state index contributed by atoms with van der Waals surface area (Å²) in [6.45, 7) is 3.01. The predicted molar refractivity (Wildman–Crippen MR) is 75.2 cm³/mol. The van der Waals surface area contributed by atoms with Gasteiger partial charge in [0.1, 0.15) is 0 Å². The van der Waals surface area contributed by atoms with Crippen LogP contribution in [0.5, 0.6) is 5.75 Å². The number of piperidine rings is 1. The van der Waals surface area contributed by atoms with Gasteiger partial charge in [0.2, 0.25) is 0 Å². The van der Waals surface area contributed by atoms with Gasteiger partial charge in [0.05, 0.1) is 7.11 Å². The summed E-state index contributed by atoms with van der Waals surface area (Å²) in [5, 5.41) is 6.94. The lowest BCUT2D eigenvalue weighted by Crippen LogP contribution is -2.42. The van der Waals surface area contributed by atoms with Crippen LogP contribution in [0.4, 0.5) is 4.39 Å². The number of hydrogen-bond donors (Lipinski definition) is 2. The van der Waals surface area contributed by atoms with Crippen LogP contribution >= 0.6 is 0 Å². The number of benzene rings is 1. The van der Waals surface area contributed by atoms with E-state index in [0.717, 1.165) is 31.6 Å². The molecule has 3 nitrogen and oxygen atoms in total. The van der Waals surface area contributed by atoms with E-state index >= 15 is 0 Å². The van der Waals surface area contributed by atoms with Crippen molar-refractivity contribution in [2.75, 3.05) is 26.7 Å². The van der Waals surface area contributed by atoms with E-state index in [-0.39, 0.29) is 5.82 Å². The first-order valence-electron chi connectivity index (χ1n) is 7.06. The second kappa shape index (κ2) is 7.46. The lowest BCUT2D eigenvalue weighted by atomic mass is 10.1. The summed E-state index contributed by atoms with van der Waals surface area (Å²) in [7, 11) is 1.48. The highest BCUT2D eigenvalue weighted by atomic mass is 19.1. The molecule has 0 amide bonds. The zero-order chi connectivity index (χ0) is 13.5. The SMILES string of the molecule is COc1ccc(CCNCC2CCCCN2)cc1F. The molecule has 2 N–H and O–H groups in total. The fourth-order valence-electron chi connectivity index (χ4n) is 2.47. The lowest BCUT2D eigenvalue weighted by Gasteiger charge is -2.23. The molecule has 1 fully saturated rings. The van der Waals surface area contributed by atoms with Crippen LogP contribution in [0.2, 0.25) is 0 Å².